The van der Waals surface area contributed by atoms with Crippen molar-refractivity contribution in [1.29, 1.82) is 0 Å². The van der Waals surface area contributed by atoms with Crippen molar-refractivity contribution in [2.75, 3.05) is 13.6 Å². The molecule has 0 saturated heterocycles. The number of carbonyl (C=O) groups is 2. The van der Waals surface area contributed by atoms with Gasteiger partial charge < -0.3 is 5.32 Å². The number of rotatable bonds is 4. The van der Waals surface area contributed by atoms with E-state index in [1.807, 2.05) is 0 Å². The summed E-state index contributed by atoms with van der Waals surface area (Å²) in [6, 6.07) is 6.59. The fraction of sp³-hybridized carbons (Fsp3) is 0.182. The van der Waals surface area contributed by atoms with Crippen molar-refractivity contribution in [3.05, 3.63) is 35.4 Å². The molecule has 4 heteroatoms. The summed E-state index contributed by atoms with van der Waals surface area (Å²) in [5.41, 5.74) is 0.698. The molecule has 0 fully saturated rings. The molecule has 0 spiro atoms. The first-order valence-corrected chi connectivity index (χ1v) is 4.55. The molecule has 0 radical (unpaired) electrons. The summed E-state index contributed by atoms with van der Waals surface area (Å²) in [6.45, 7) is 0.523. The van der Waals surface area contributed by atoms with Gasteiger partial charge in [-0.05, 0) is 13.1 Å². The summed E-state index contributed by atoms with van der Waals surface area (Å²) in [6.07, 6.45) is 2.13. The molecular weight excluding hydrogens is 192 g/mol. The Balaban J connectivity index is 2.86. The van der Waals surface area contributed by atoms with Gasteiger partial charge in [0.2, 0.25) is 0 Å². The lowest BCUT2D eigenvalue weighted by molar-refractivity contribution is 0.0996. The van der Waals surface area contributed by atoms with Gasteiger partial charge in [-0.1, -0.05) is 18.2 Å². The van der Waals surface area contributed by atoms with Crippen molar-refractivity contribution in [3.8, 4) is 0 Å². The topological polar surface area (TPSA) is 58.5 Å². The molecule has 0 aromatic heterocycles. The standard InChI is InChI=1S/C11H12N2O2/c1-12-6-7-13-11(15)10-5-3-2-4-9(10)8-14/h2-5,7-8,12H,6H2,1H3. The fourth-order valence-corrected chi connectivity index (χ4v) is 1.08. The second kappa shape index (κ2) is 5.82. The van der Waals surface area contributed by atoms with Crippen LogP contribution in [0.4, 0.5) is 0 Å². The molecule has 1 rings (SSSR count). The Bertz CT molecular complexity index is 386. The first-order valence-electron chi connectivity index (χ1n) is 4.55. The third-order valence-electron chi connectivity index (χ3n) is 1.82. The van der Waals surface area contributed by atoms with Gasteiger partial charge in [0.25, 0.3) is 5.91 Å². The zero-order valence-electron chi connectivity index (χ0n) is 8.43. The van der Waals surface area contributed by atoms with Crippen LogP contribution in [0.2, 0.25) is 0 Å². The Hall–Kier alpha value is -1.81. The van der Waals surface area contributed by atoms with E-state index in [1.54, 1.807) is 31.3 Å². The van der Waals surface area contributed by atoms with E-state index in [1.165, 1.54) is 6.21 Å². The third-order valence-corrected chi connectivity index (χ3v) is 1.82. The number of carbonyl (C=O) groups excluding carboxylic acids is 2. The monoisotopic (exact) mass is 204 g/mol. The highest BCUT2D eigenvalue weighted by molar-refractivity contribution is 6.04. The summed E-state index contributed by atoms with van der Waals surface area (Å²) < 4.78 is 0. The van der Waals surface area contributed by atoms with Crippen LogP contribution in [0.5, 0.6) is 0 Å². The summed E-state index contributed by atoms with van der Waals surface area (Å²) in [5.74, 6) is -0.395. The van der Waals surface area contributed by atoms with Gasteiger partial charge in [-0.2, -0.15) is 0 Å². The van der Waals surface area contributed by atoms with E-state index in [0.29, 0.717) is 24.0 Å². The van der Waals surface area contributed by atoms with Gasteiger partial charge in [-0.25, -0.2) is 4.99 Å². The van der Waals surface area contributed by atoms with Crippen molar-refractivity contribution in [2.45, 2.75) is 0 Å². The molecule has 1 aromatic rings. The number of amides is 1. The Labute approximate surface area is 88.0 Å². The Kier molecular flexibility index (Phi) is 4.37. The maximum absolute atomic E-state index is 11.5. The molecule has 4 nitrogen and oxygen atoms in total. The number of hydrogen-bond donors (Lipinski definition) is 1. The molecular formula is C11H12N2O2. The number of aliphatic imine (C=N–C) groups is 1. The van der Waals surface area contributed by atoms with E-state index < -0.39 is 5.91 Å². The van der Waals surface area contributed by atoms with Gasteiger partial charge in [-0.3, -0.25) is 9.59 Å². The van der Waals surface area contributed by atoms with Crippen LogP contribution in [0.3, 0.4) is 0 Å². The first kappa shape index (κ1) is 11.3. The second-order valence-corrected chi connectivity index (χ2v) is 2.88. The van der Waals surface area contributed by atoms with Crippen molar-refractivity contribution in [1.82, 2.24) is 5.32 Å². The molecule has 0 bridgehead atoms. The predicted octanol–water partition coefficient (Wildman–Crippen LogP) is 0.929. The minimum atomic E-state index is -0.395. The largest absolute Gasteiger partial charge is 0.315 e. The summed E-state index contributed by atoms with van der Waals surface area (Å²) >= 11 is 0. The van der Waals surface area contributed by atoms with Gasteiger partial charge in [0.05, 0.1) is 5.56 Å². The van der Waals surface area contributed by atoms with Crippen LogP contribution in [-0.4, -0.2) is 32.0 Å². The molecule has 0 unspecified atom stereocenters. The van der Waals surface area contributed by atoms with Gasteiger partial charge in [0.1, 0.15) is 0 Å². The van der Waals surface area contributed by atoms with Crippen LogP contribution in [0.1, 0.15) is 20.7 Å². The summed E-state index contributed by atoms with van der Waals surface area (Å²) in [7, 11) is 1.76. The predicted molar refractivity (Wildman–Crippen MR) is 58.6 cm³/mol. The second-order valence-electron chi connectivity index (χ2n) is 2.88. The average molecular weight is 204 g/mol. The third kappa shape index (κ3) is 3.11. The van der Waals surface area contributed by atoms with E-state index in [4.69, 9.17) is 0 Å². The van der Waals surface area contributed by atoms with E-state index >= 15 is 0 Å². The van der Waals surface area contributed by atoms with Crippen LogP contribution < -0.4 is 5.32 Å². The SMILES string of the molecule is CNCC=NC(=O)c1ccccc1C=O. The smallest absolute Gasteiger partial charge is 0.277 e. The van der Waals surface area contributed by atoms with Crippen molar-refractivity contribution >= 4 is 18.4 Å². The maximum atomic E-state index is 11.5. The van der Waals surface area contributed by atoms with Crippen LogP contribution in [-0.2, 0) is 0 Å². The number of aldehydes is 1. The normalized spacial score (nSPS) is 10.5. The lowest BCUT2D eigenvalue weighted by Crippen LogP contribution is -2.10. The molecule has 0 aliphatic heterocycles. The molecule has 0 aliphatic carbocycles. The zero-order chi connectivity index (χ0) is 11.1. The first-order chi connectivity index (χ1) is 7.29. The molecule has 1 aromatic carbocycles. The van der Waals surface area contributed by atoms with Gasteiger partial charge >= 0.3 is 0 Å². The highest BCUT2D eigenvalue weighted by atomic mass is 16.1. The molecule has 0 aliphatic rings. The Morgan fingerprint density at radius 1 is 1.47 bits per heavy atom. The zero-order valence-corrected chi connectivity index (χ0v) is 8.43. The molecule has 15 heavy (non-hydrogen) atoms. The van der Waals surface area contributed by atoms with E-state index in [0.717, 1.165) is 0 Å². The van der Waals surface area contributed by atoms with Gasteiger partial charge in [-0.15, -0.1) is 0 Å². The van der Waals surface area contributed by atoms with Crippen LogP contribution in [0, 0.1) is 0 Å². The van der Waals surface area contributed by atoms with E-state index in [9.17, 15) is 9.59 Å². The van der Waals surface area contributed by atoms with E-state index in [-0.39, 0.29) is 0 Å². The number of nitrogens with one attached hydrogen (secondary N) is 1. The molecule has 78 valence electrons. The molecule has 0 atom stereocenters. The van der Waals surface area contributed by atoms with Crippen LogP contribution >= 0.6 is 0 Å². The van der Waals surface area contributed by atoms with Gasteiger partial charge in [0, 0.05) is 18.3 Å². The quantitative estimate of drug-likeness (QED) is 0.586. The van der Waals surface area contributed by atoms with E-state index in [2.05, 4.69) is 10.3 Å². The Morgan fingerprint density at radius 2 is 2.20 bits per heavy atom. The number of hydrogen-bond acceptors (Lipinski definition) is 3. The van der Waals surface area contributed by atoms with Crippen molar-refractivity contribution in [2.24, 2.45) is 4.99 Å². The molecule has 0 saturated carbocycles. The minimum Gasteiger partial charge on any atom is -0.315 e. The van der Waals surface area contributed by atoms with Gasteiger partial charge in [0.15, 0.2) is 6.29 Å². The fourth-order valence-electron chi connectivity index (χ4n) is 1.08. The minimum absolute atomic E-state index is 0.333. The lowest BCUT2D eigenvalue weighted by atomic mass is 10.1. The Morgan fingerprint density at radius 3 is 2.87 bits per heavy atom. The summed E-state index contributed by atoms with van der Waals surface area (Å²) in [5, 5.41) is 2.83. The van der Waals surface area contributed by atoms with Crippen LogP contribution in [0.15, 0.2) is 29.3 Å². The van der Waals surface area contributed by atoms with Crippen LogP contribution in [0.25, 0.3) is 0 Å². The van der Waals surface area contributed by atoms with Crippen molar-refractivity contribution in [3.63, 3.8) is 0 Å². The lowest BCUT2D eigenvalue weighted by Gasteiger charge is -1.98. The summed E-state index contributed by atoms with van der Waals surface area (Å²) in [4.78, 5) is 25.9. The number of nitrogens with zero attached hydrogens (tertiary/aromatic N) is 1. The highest BCUT2D eigenvalue weighted by Gasteiger charge is 2.07. The molecule has 0 heterocycles. The highest BCUT2D eigenvalue weighted by Crippen LogP contribution is 2.07. The maximum Gasteiger partial charge on any atom is 0.277 e. The molecule has 1 amide bonds. The average Bonchev–Trinajstić information content (AvgIpc) is 2.29. The molecule has 1 N–H and O–H groups in total. The van der Waals surface area contributed by atoms with Crippen molar-refractivity contribution < 1.29 is 9.59 Å². The number of benzene rings is 1.